The summed E-state index contributed by atoms with van der Waals surface area (Å²) in [5, 5.41) is 4.76. The van der Waals surface area contributed by atoms with Gasteiger partial charge in [-0.15, -0.1) is 23.7 Å². The van der Waals surface area contributed by atoms with E-state index in [2.05, 4.69) is 24.2 Å². The molecule has 0 bridgehead atoms. The summed E-state index contributed by atoms with van der Waals surface area (Å²) in [5.41, 5.74) is 1.40. The third-order valence-corrected chi connectivity index (χ3v) is 5.61. The van der Waals surface area contributed by atoms with Crippen molar-refractivity contribution in [2.75, 3.05) is 20.1 Å². The summed E-state index contributed by atoms with van der Waals surface area (Å²) >= 11 is 1.97. The number of nitrogens with zero attached hydrogens (tertiary/aromatic N) is 2. The predicted octanol–water partition coefficient (Wildman–Crippen LogP) is 2.87. The molecular weight excluding hydrogens is 290 g/mol. The Labute approximate surface area is 132 Å². The van der Waals surface area contributed by atoms with E-state index in [1.807, 2.05) is 11.3 Å². The van der Waals surface area contributed by atoms with Crippen LogP contribution in [-0.2, 0) is 19.4 Å². The van der Waals surface area contributed by atoms with E-state index < -0.39 is 0 Å². The van der Waals surface area contributed by atoms with E-state index in [1.165, 1.54) is 55.9 Å². The van der Waals surface area contributed by atoms with Crippen molar-refractivity contribution in [1.82, 2.24) is 15.2 Å². The number of likely N-dealkylation sites (tertiary alicyclic amines) is 1. The average molecular weight is 316 g/mol. The Balaban J connectivity index is 0.00000147. The first-order valence-corrected chi connectivity index (χ1v) is 8.43. The second-order valence-electron chi connectivity index (χ2n) is 6.19. The van der Waals surface area contributed by atoms with Gasteiger partial charge in [0.15, 0.2) is 0 Å². The van der Waals surface area contributed by atoms with Crippen LogP contribution < -0.4 is 5.32 Å². The maximum atomic E-state index is 4.89. The van der Waals surface area contributed by atoms with E-state index in [-0.39, 0.29) is 12.4 Å². The monoisotopic (exact) mass is 315 g/mol. The summed E-state index contributed by atoms with van der Waals surface area (Å²) in [5.74, 6) is 0.851. The Kier molecular flexibility index (Phi) is 5.84. The first kappa shape index (κ1) is 16.2. The smallest absolute Gasteiger partial charge is 0.107 e. The standard InChI is InChI=1S/C15H25N3S.ClH/c1-11-5-6-13-14(8-11)19-15(17-13)10-18-7-3-4-12(9-18)16-2;/h11-12,16H,3-10H2,1-2H3;1H. The van der Waals surface area contributed by atoms with Gasteiger partial charge in [0.25, 0.3) is 0 Å². The summed E-state index contributed by atoms with van der Waals surface area (Å²) in [6.45, 7) is 5.84. The number of fused-ring (bicyclic) bond motifs is 1. The lowest BCUT2D eigenvalue weighted by molar-refractivity contribution is 0.187. The first-order valence-electron chi connectivity index (χ1n) is 7.61. The van der Waals surface area contributed by atoms with Gasteiger partial charge < -0.3 is 5.32 Å². The zero-order valence-electron chi connectivity index (χ0n) is 12.5. The summed E-state index contributed by atoms with van der Waals surface area (Å²) < 4.78 is 0. The number of likely N-dealkylation sites (N-methyl/N-ethyl adjacent to an activating group) is 1. The molecule has 3 nitrogen and oxygen atoms in total. The molecule has 1 aliphatic carbocycles. The largest absolute Gasteiger partial charge is 0.316 e. The highest BCUT2D eigenvalue weighted by atomic mass is 35.5. The lowest BCUT2D eigenvalue weighted by atomic mass is 9.93. The minimum Gasteiger partial charge on any atom is -0.316 e. The van der Waals surface area contributed by atoms with Gasteiger partial charge in [-0.05, 0) is 51.6 Å². The SMILES string of the molecule is CNC1CCCN(Cc2nc3c(s2)CC(C)CC3)C1.Cl. The summed E-state index contributed by atoms with van der Waals surface area (Å²) in [7, 11) is 2.08. The number of hydrogen-bond acceptors (Lipinski definition) is 4. The number of rotatable bonds is 3. The van der Waals surface area contributed by atoms with Crippen LogP contribution in [0, 0.1) is 5.92 Å². The number of hydrogen-bond donors (Lipinski definition) is 1. The van der Waals surface area contributed by atoms with Crippen molar-refractivity contribution in [2.24, 2.45) is 5.92 Å². The van der Waals surface area contributed by atoms with Gasteiger partial charge in [-0.1, -0.05) is 6.92 Å². The van der Waals surface area contributed by atoms with E-state index >= 15 is 0 Å². The maximum Gasteiger partial charge on any atom is 0.107 e. The van der Waals surface area contributed by atoms with Crippen LogP contribution in [0.2, 0.25) is 0 Å². The maximum absolute atomic E-state index is 4.89. The summed E-state index contributed by atoms with van der Waals surface area (Å²) in [4.78, 5) is 9.02. The van der Waals surface area contributed by atoms with Crippen LogP contribution in [-0.4, -0.2) is 36.1 Å². The van der Waals surface area contributed by atoms with Gasteiger partial charge in [-0.3, -0.25) is 4.90 Å². The molecule has 3 rings (SSSR count). The Morgan fingerprint density at radius 1 is 1.40 bits per heavy atom. The van der Waals surface area contributed by atoms with Crippen molar-refractivity contribution in [1.29, 1.82) is 0 Å². The zero-order valence-corrected chi connectivity index (χ0v) is 14.2. The molecule has 2 atom stereocenters. The van der Waals surface area contributed by atoms with E-state index in [0.29, 0.717) is 6.04 Å². The highest BCUT2D eigenvalue weighted by Gasteiger charge is 2.22. The molecular formula is C15H26ClN3S. The molecule has 1 fully saturated rings. The van der Waals surface area contributed by atoms with Crippen molar-refractivity contribution < 1.29 is 0 Å². The molecule has 0 radical (unpaired) electrons. The molecule has 0 spiro atoms. The molecule has 2 aliphatic rings. The molecule has 5 heteroatoms. The normalized spacial score (nSPS) is 26.9. The fourth-order valence-corrected chi connectivity index (χ4v) is 4.61. The number of nitrogens with one attached hydrogen (secondary N) is 1. The van der Waals surface area contributed by atoms with Gasteiger partial charge in [0.2, 0.25) is 0 Å². The van der Waals surface area contributed by atoms with E-state index in [4.69, 9.17) is 4.98 Å². The lowest BCUT2D eigenvalue weighted by Gasteiger charge is -2.31. The second kappa shape index (κ2) is 7.21. The van der Waals surface area contributed by atoms with Gasteiger partial charge in [0, 0.05) is 17.5 Å². The molecule has 0 amide bonds. The predicted molar refractivity (Wildman–Crippen MR) is 87.9 cm³/mol. The Morgan fingerprint density at radius 2 is 2.25 bits per heavy atom. The molecule has 2 unspecified atom stereocenters. The zero-order chi connectivity index (χ0) is 13.2. The van der Waals surface area contributed by atoms with E-state index in [1.54, 1.807) is 4.88 Å². The average Bonchev–Trinajstić information content (AvgIpc) is 2.80. The van der Waals surface area contributed by atoms with Gasteiger partial charge >= 0.3 is 0 Å². The quantitative estimate of drug-likeness (QED) is 0.929. The van der Waals surface area contributed by atoms with Gasteiger partial charge in [-0.2, -0.15) is 0 Å². The summed E-state index contributed by atoms with van der Waals surface area (Å²) in [6.07, 6.45) is 6.41. The molecule has 1 aliphatic heterocycles. The molecule has 20 heavy (non-hydrogen) atoms. The van der Waals surface area contributed by atoms with Crippen molar-refractivity contribution >= 4 is 23.7 Å². The van der Waals surface area contributed by atoms with Gasteiger partial charge in [0.05, 0.1) is 12.2 Å². The summed E-state index contributed by atoms with van der Waals surface area (Å²) in [6, 6.07) is 0.670. The molecule has 2 heterocycles. The second-order valence-corrected chi connectivity index (χ2v) is 7.36. The number of aromatic nitrogens is 1. The molecule has 1 N–H and O–H groups in total. The molecule has 1 aromatic rings. The number of piperidine rings is 1. The molecule has 1 aromatic heterocycles. The van der Waals surface area contributed by atoms with E-state index in [9.17, 15) is 0 Å². The van der Waals surface area contributed by atoms with Crippen LogP contribution in [0.5, 0.6) is 0 Å². The highest BCUT2D eigenvalue weighted by Crippen LogP contribution is 2.30. The molecule has 1 saturated heterocycles. The molecule has 0 saturated carbocycles. The van der Waals surface area contributed by atoms with Gasteiger partial charge in [0.1, 0.15) is 5.01 Å². The number of aryl methyl sites for hydroxylation is 1. The highest BCUT2D eigenvalue weighted by molar-refractivity contribution is 7.11. The third kappa shape index (κ3) is 3.73. The lowest BCUT2D eigenvalue weighted by Crippen LogP contribution is -2.43. The van der Waals surface area contributed by atoms with Crippen LogP contribution in [0.4, 0.5) is 0 Å². The van der Waals surface area contributed by atoms with Crippen LogP contribution in [0.1, 0.15) is 41.8 Å². The van der Waals surface area contributed by atoms with Crippen LogP contribution in [0.25, 0.3) is 0 Å². The fourth-order valence-electron chi connectivity index (χ4n) is 3.29. The van der Waals surface area contributed by atoms with E-state index in [0.717, 1.165) is 12.5 Å². The third-order valence-electron chi connectivity index (χ3n) is 4.50. The van der Waals surface area contributed by atoms with Crippen LogP contribution in [0.3, 0.4) is 0 Å². The van der Waals surface area contributed by atoms with Gasteiger partial charge in [-0.25, -0.2) is 4.98 Å². The minimum absolute atomic E-state index is 0. The minimum atomic E-state index is 0. The Morgan fingerprint density at radius 3 is 3.05 bits per heavy atom. The Hall–Kier alpha value is -0.160. The first-order chi connectivity index (χ1) is 9.24. The van der Waals surface area contributed by atoms with Crippen molar-refractivity contribution in [3.8, 4) is 0 Å². The Bertz CT molecular complexity index is 435. The number of thiazole rings is 1. The van der Waals surface area contributed by atoms with Crippen molar-refractivity contribution in [2.45, 2.75) is 51.6 Å². The van der Waals surface area contributed by atoms with Crippen molar-refractivity contribution in [3.05, 3.63) is 15.6 Å². The topological polar surface area (TPSA) is 28.2 Å². The van der Waals surface area contributed by atoms with Crippen LogP contribution >= 0.6 is 23.7 Å². The van der Waals surface area contributed by atoms with Crippen LogP contribution in [0.15, 0.2) is 0 Å². The molecule has 114 valence electrons. The molecule has 0 aromatic carbocycles. The van der Waals surface area contributed by atoms with Crippen molar-refractivity contribution in [3.63, 3.8) is 0 Å². The fraction of sp³-hybridized carbons (Fsp3) is 0.800. The number of halogens is 1.